The molecule has 1 aliphatic carbocycles. The minimum atomic E-state index is 0.812. The van der Waals surface area contributed by atoms with Crippen molar-refractivity contribution >= 4 is 10.9 Å². The first-order valence-electron chi connectivity index (χ1n) is 7.11. The second kappa shape index (κ2) is 5.98. The van der Waals surface area contributed by atoms with Crippen molar-refractivity contribution in [3.63, 3.8) is 0 Å². The number of nitrogens with zero attached hydrogens (tertiary/aromatic N) is 1. The third-order valence-electron chi connectivity index (χ3n) is 3.81. The fourth-order valence-corrected chi connectivity index (χ4v) is 2.70. The van der Waals surface area contributed by atoms with Crippen molar-refractivity contribution in [1.29, 1.82) is 0 Å². The van der Waals surface area contributed by atoms with Crippen LogP contribution in [0.25, 0.3) is 10.9 Å². The molecule has 2 heteroatoms. The molecule has 1 unspecified atom stereocenters. The van der Waals surface area contributed by atoms with Crippen molar-refractivity contribution in [3.05, 3.63) is 54.2 Å². The average molecular weight is 252 g/mol. The quantitative estimate of drug-likeness (QED) is 0.840. The van der Waals surface area contributed by atoms with Gasteiger partial charge in [-0.15, -0.1) is 0 Å². The van der Waals surface area contributed by atoms with Crippen molar-refractivity contribution < 1.29 is 0 Å². The summed E-state index contributed by atoms with van der Waals surface area (Å²) in [7, 11) is 0. The minimum absolute atomic E-state index is 0.812. The zero-order chi connectivity index (χ0) is 12.9. The van der Waals surface area contributed by atoms with Crippen LogP contribution in [-0.4, -0.2) is 11.5 Å². The Balaban J connectivity index is 1.57. The third-order valence-corrected chi connectivity index (χ3v) is 3.81. The number of fused-ring (bicyclic) bond motifs is 1. The van der Waals surface area contributed by atoms with Gasteiger partial charge in [-0.3, -0.25) is 4.98 Å². The highest BCUT2D eigenvalue weighted by molar-refractivity contribution is 5.78. The monoisotopic (exact) mass is 252 g/mol. The van der Waals surface area contributed by atoms with Gasteiger partial charge in [0.15, 0.2) is 0 Å². The van der Waals surface area contributed by atoms with Gasteiger partial charge >= 0.3 is 0 Å². The third kappa shape index (κ3) is 3.21. The van der Waals surface area contributed by atoms with E-state index in [1.807, 2.05) is 12.3 Å². The van der Waals surface area contributed by atoms with Crippen molar-refractivity contribution in [3.8, 4) is 0 Å². The molecule has 2 nitrogen and oxygen atoms in total. The first-order valence-corrected chi connectivity index (χ1v) is 7.11. The van der Waals surface area contributed by atoms with Gasteiger partial charge in [0, 0.05) is 18.1 Å². The molecule has 1 aliphatic rings. The molecule has 2 aromatic rings. The normalized spacial score (nSPS) is 18.8. The lowest BCUT2D eigenvalue weighted by atomic mass is 9.94. The highest BCUT2D eigenvalue weighted by Crippen LogP contribution is 2.17. The lowest BCUT2D eigenvalue weighted by Crippen LogP contribution is -2.23. The van der Waals surface area contributed by atoms with E-state index in [-0.39, 0.29) is 0 Å². The molecule has 0 spiro atoms. The van der Waals surface area contributed by atoms with E-state index in [4.69, 9.17) is 0 Å². The molecule has 1 N–H and O–H groups in total. The van der Waals surface area contributed by atoms with Gasteiger partial charge in [0.2, 0.25) is 0 Å². The minimum Gasteiger partial charge on any atom is -0.312 e. The second-order valence-electron chi connectivity index (χ2n) is 5.31. The van der Waals surface area contributed by atoms with Gasteiger partial charge in [-0.2, -0.15) is 0 Å². The standard InChI is InChI=1S/C17H20N2/c1-2-5-14(6-3-1)12-18-13-15-8-9-17-16(11-15)7-4-10-19-17/h1-2,4,7-11,14,18H,3,5-6,12-13H2. The van der Waals surface area contributed by atoms with Gasteiger partial charge < -0.3 is 5.32 Å². The lowest BCUT2D eigenvalue weighted by molar-refractivity contribution is 0.440. The summed E-state index contributed by atoms with van der Waals surface area (Å²) >= 11 is 0. The summed E-state index contributed by atoms with van der Waals surface area (Å²) < 4.78 is 0. The Morgan fingerprint density at radius 3 is 3.11 bits per heavy atom. The summed E-state index contributed by atoms with van der Waals surface area (Å²) in [6.45, 7) is 2.07. The number of aromatic nitrogens is 1. The number of hydrogen-bond acceptors (Lipinski definition) is 2. The second-order valence-corrected chi connectivity index (χ2v) is 5.31. The van der Waals surface area contributed by atoms with E-state index in [2.05, 4.69) is 46.7 Å². The smallest absolute Gasteiger partial charge is 0.0702 e. The molecule has 1 aromatic carbocycles. The van der Waals surface area contributed by atoms with E-state index in [0.29, 0.717) is 0 Å². The van der Waals surface area contributed by atoms with Crippen LogP contribution in [0.4, 0.5) is 0 Å². The van der Waals surface area contributed by atoms with E-state index in [0.717, 1.165) is 24.5 Å². The Morgan fingerprint density at radius 2 is 2.21 bits per heavy atom. The summed E-state index contributed by atoms with van der Waals surface area (Å²) in [4.78, 5) is 4.35. The highest BCUT2D eigenvalue weighted by Gasteiger charge is 2.08. The molecule has 0 saturated heterocycles. The van der Waals surface area contributed by atoms with Crippen LogP contribution in [0, 0.1) is 5.92 Å². The molecule has 3 rings (SSSR count). The number of pyridine rings is 1. The fraction of sp³-hybridized carbons (Fsp3) is 0.353. The molecule has 0 fully saturated rings. The Kier molecular flexibility index (Phi) is 3.89. The molecule has 1 heterocycles. The molecule has 0 saturated carbocycles. The lowest BCUT2D eigenvalue weighted by Gasteiger charge is -2.18. The maximum absolute atomic E-state index is 4.35. The van der Waals surface area contributed by atoms with Gasteiger partial charge in [-0.25, -0.2) is 0 Å². The fourth-order valence-electron chi connectivity index (χ4n) is 2.70. The molecule has 0 aliphatic heterocycles. The van der Waals surface area contributed by atoms with Gasteiger partial charge in [0.05, 0.1) is 5.52 Å². The van der Waals surface area contributed by atoms with Crippen LogP contribution in [0.3, 0.4) is 0 Å². The number of hydrogen-bond donors (Lipinski definition) is 1. The van der Waals surface area contributed by atoms with Gasteiger partial charge in [-0.1, -0.05) is 24.3 Å². The van der Waals surface area contributed by atoms with Crippen LogP contribution >= 0.6 is 0 Å². The van der Waals surface area contributed by atoms with Gasteiger partial charge in [-0.05, 0) is 55.5 Å². The molecule has 19 heavy (non-hydrogen) atoms. The first kappa shape index (κ1) is 12.4. The zero-order valence-corrected chi connectivity index (χ0v) is 11.2. The van der Waals surface area contributed by atoms with E-state index in [1.165, 1.54) is 30.2 Å². The summed E-state index contributed by atoms with van der Waals surface area (Å²) in [6, 6.07) is 10.6. The Morgan fingerprint density at radius 1 is 1.21 bits per heavy atom. The molecular formula is C17H20N2. The maximum atomic E-state index is 4.35. The van der Waals surface area contributed by atoms with Crippen LogP contribution in [0.2, 0.25) is 0 Å². The largest absolute Gasteiger partial charge is 0.312 e. The van der Waals surface area contributed by atoms with E-state index in [1.54, 1.807) is 0 Å². The van der Waals surface area contributed by atoms with E-state index < -0.39 is 0 Å². The Labute approximate surface area is 114 Å². The van der Waals surface area contributed by atoms with Crippen molar-refractivity contribution in [2.45, 2.75) is 25.8 Å². The van der Waals surface area contributed by atoms with Gasteiger partial charge in [0.1, 0.15) is 0 Å². The molecule has 0 bridgehead atoms. The van der Waals surface area contributed by atoms with Crippen LogP contribution < -0.4 is 5.32 Å². The zero-order valence-electron chi connectivity index (χ0n) is 11.2. The molecule has 1 aromatic heterocycles. The molecule has 1 atom stereocenters. The predicted molar refractivity (Wildman–Crippen MR) is 79.9 cm³/mol. The molecule has 0 radical (unpaired) electrons. The van der Waals surface area contributed by atoms with Crippen molar-refractivity contribution in [1.82, 2.24) is 10.3 Å². The molecular weight excluding hydrogens is 232 g/mol. The SMILES string of the molecule is C1=CCC(CNCc2ccc3ncccc3c2)CC1. The molecule has 98 valence electrons. The van der Waals surface area contributed by atoms with Crippen molar-refractivity contribution in [2.24, 2.45) is 5.92 Å². The highest BCUT2D eigenvalue weighted by atomic mass is 14.9. The van der Waals surface area contributed by atoms with Crippen LogP contribution in [0.15, 0.2) is 48.7 Å². The molecule has 0 amide bonds. The number of benzene rings is 1. The van der Waals surface area contributed by atoms with E-state index >= 15 is 0 Å². The summed E-state index contributed by atoms with van der Waals surface area (Å²) in [5, 5.41) is 4.81. The van der Waals surface area contributed by atoms with E-state index in [9.17, 15) is 0 Å². The van der Waals surface area contributed by atoms with Crippen LogP contribution in [-0.2, 0) is 6.54 Å². The summed E-state index contributed by atoms with van der Waals surface area (Å²) in [5.41, 5.74) is 2.41. The number of nitrogens with one attached hydrogen (secondary N) is 1. The average Bonchev–Trinajstić information content (AvgIpc) is 2.48. The maximum Gasteiger partial charge on any atom is 0.0702 e. The topological polar surface area (TPSA) is 24.9 Å². The van der Waals surface area contributed by atoms with Crippen molar-refractivity contribution in [2.75, 3.05) is 6.54 Å². The summed E-state index contributed by atoms with van der Waals surface area (Å²) in [6.07, 6.45) is 10.3. The predicted octanol–water partition coefficient (Wildman–Crippen LogP) is 3.68. The Hall–Kier alpha value is -1.67. The van der Waals surface area contributed by atoms with Crippen LogP contribution in [0.5, 0.6) is 0 Å². The first-order chi connectivity index (χ1) is 9.42. The van der Waals surface area contributed by atoms with Crippen LogP contribution in [0.1, 0.15) is 24.8 Å². The number of rotatable bonds is 4. The van der Waals surface area contributed by atoms with Gasteiger partial charge in [0.25, 0.3) is 0 Å². The number of allylic oxidation sites excluding steroid dienone is 2. The summed E-state index contributed by atoms with van der Waals surface area (Å²) in [5.74, 6) is 0.812. The Bertz CT molecular complexity index is 574.